The van der Waals surface area contributed by atoms with E-state index in [4.69, 9.17) is 5.73 Å². The molecule has 0 radical (unpaired) electrons. The Hall–Kier alpha value is -0.570. The van der Waals surface area contributed by atoms with E-state index in [-0.39, 0.29) is 17.5 Å². The zero-order chi connectivity index (χ0) is 11.2. The summed E-state index contributed by atoms with van der Waals surface area (Å²) in [7, 11) is 0. The highest BCUT2D eigenvalue weighted by Crippen LogP contribution is 2.13. The molecule has 0 aromatic heterocycles. The second-order valence-electron chi connectivity index (χ2n) is 4.15. The predicted octanol–water partition coefficient (Wildman–Crippen LogP) is 1.81. The van der Waals surface area contributed by atoms with Gasteiger partial charge in [-0.15, -0.1) is 0 Å². The first-order valence-electron chi connectivity index (χ1n) is 5.56. The predicted molar refractivity (Wildman–Crippen MR) is 60.0 cm³/mol. The monoisotopic (exact) mass is 200 g/mol. The molecule has 0 heterocycles. The van der Waals surface area contributed by atoms with Crippen molar-refractivity contribution in [1.82, 2.24) is 5.32 Å². The molecule has 0 unspecified atom stereocenters. The Bertz CT molecular complexity index is 176. The van der Waals surface area contributed by atoms with E-state index < -0.39 is 0 Å². The van der Waals surface area contributed by atoms with E-state index in [1.54, 1.807) is 0 Å². The fourth-order valence-corrected chi connectivity index (χ4v) is 1.26. The molecule has 1 amide bonds. The number of hydrogen-bond donors (Lipinski definition) is 2. The van der Waals surface area contributed by atoms with Gasteiger partial charge in [0, 0.05) is 5.54 Å². The smallest absolute Gasteiger partial charge is 0.237 e. The van der Waals surface area contributed by atoms with Crippen LogP contribution in [0.15, 0.2) is 0 Å². The molecule has 14 heavy (non-hydrogen) atoms. The number of nitrogens with two attached hydrogens (primary N) is 1. The van der Waals surface area contributed by atoms with Gasteiger partial charge in [0.05, 0.1) is 6.04 Å². The van der Waals surface area contributed by atoms with Crippen LogP contribution in [0.2, 0.25) is 0 Å². The summed E-state index contributed by atoms with van der Waals surface area (Å²) in [6.07, 6.45) is 3.58. The van der Waals surface area contributed by atoms with Gasteiger partial charge >= 0.3 is 0 Å². The van der Waals surface area contributed by atoms with E-state index in [1.165, 1.54) is 0 Å². The van der Waals surface area contributed by atoms with E-state index in [2.05, 4.69) is 26.1 Å². The van der Waals surface area contributed by atoms with Crippen molar-refractivity contribution in [2.45, 2.75) is 65.0 Å². The molecule has 84 valence electrons. The van der Waals surface area contributed by atoms with Crippen LogP contribution in [0.4, 0.5) is 0 Å². The van der Waals surface area contributed by atoms with Crippen LogP contribution in [0.5, 0.6) is 0 Å². The molecule has 0 saturated heterocycles. The molecular weight excluding hydrogens is 176 g/mol. The summed E-state index contributed by atoms with van der Waals surface area (Å²) >= 11 is 0. The van der Waals surface area contributed by atoms with Crippen LogP contribution in [0.25, 0.3) is 0 Å². The van der Waals surface area contributed by atoms with Gasteiger partial charge in [0.1, 0.15) is 0 Å². The molecule has 0 aliphatic rings. The molecule has 3 nitrogen and oxygen atoms in total. The second kappa shape index (κ2) is 6.02. The zero-order valence-corrected chi connectivity index (χ0v) is 9.89. The lowest BCUT2D eigenvalue weighted by molar-refractivity contribution is -0.124. The highest BCUT2D eigenvalue weighted by atomic mass is 16.2. The van der Waals surface area contributed by atoms with Crippen molar-refractivity contribution in [3.8, 4) is 0 Å². The Kier molecular flexibility index (Phi) is 5.77. The van der Waals surface area contributed by atoms with E-state index >= 15 is 0 Å². The summed E-state index contributed by atoms with van der Waals surface area (Å²) in [5.74, 6) is -0.0157. The molecule has 0 bridgehead atoms. The maximum Gasteiger partial charge on any atom is 0.237 e. The van der Waals surface area contributed by atoms with Gasteiger partial charge in [0.15, 0.2) is 0 Å². The van der Waals surface area contributed by atoms with Gasteiger partial charge in [-0.05, 0) is 26.2 Å². The summed E-state index contributed by atoms with van der Waals surface area (Å²) < 4.78 is 0. The molecule has 0 aromatic rings. The topological polar surface area (TPSA) is 55.1 Å². The van der Waals surface area contributed by atoms with Crippen molar-refractivity contribution in [3.05, 3.63) is 0 Å². The summed E-state index contributed by atoms with van der Waals surface area (Å²) in [5.41, 5.74) is 5.64. The quantitative estimate of drug-likeness (QED) is 0.687. The van der Waals surface area contributed by atoms with Crippen LogP contribution in [-0.4, -0.2) is 17.5 Å². The maximum atomic E-state index is 11.6. The molecule has 1 atom stereocenters. The summed E-state index contributed by atoms with van der Waals surface area (Å²) in [6.45, 7) is 8.25. The third kappa shape index (κ3) is 4.09. The minimum absolute atomic E-state index is 0.0157. The third-order valence-corrected chi connectivity index (χ3v) is 2.92. The molecule has 0 saturated carbocycles. The fraction of sp³-hybridized carbons (Fsp3) is 0.909. The largest absolute Gasteiger partial charge is 0.350 e. The molecule has 0 aliphatic carbocycles. The van der Waals surface area contributed by atoms with Crippen LogP contribution in [0.3, 0.4) is 0 Å². The van der Waals surface area contributed by atoms with Crippen LogP contribution >= 0.6 is 0 Å². The van der Waals surface area contributed by atoms with Crippen molar-refractivity contribution < 1.29 is 4.79 Å². The number of carbonyl (C=O) groups is 1. The number of amides is 1. The Morgan fingerprint density at radius 1 is 1.36 bits per heavy atom. The van der Waals surface area contributed by atoms with E-state index in [9.17, 15) is 4.79 Å². The van der Waals surface area contributed by atoms with Gasteiger partial charge < -0.3 is 11.1 Å². The SMILES string of the molecule is CCC[C@@H](N)C(=O)NC(C)(CC)CC. The molecule has 0 rings (SSSR count). The second-order valence-corrected chi connectivity index (χ2v) is 4.15. The highest BCUT2D eigenvalue weighted by Gasteiger charge is 2.24. The molecule has 0 aliphatic heterocycles. The first-order chi connectivity index (χ1) is 6.49. The molecule has 0 aromatic carbocycles. The van der Waals surface area contributed by atoms with Crippen molar-refractivity contribution in [2.75, 3.05) is 0 Å². The zero-order valence-electron chi connectivity index (χ0n) is 9.89. The highest BCUT2D eigenvalue weighted by molar-refractivity contribution is 5.82. The van der Waals surface area contributed by atoms with E-state index in [1.807, 2.05) is 6.92 Å². The van der Waals surface area contributed by atoms with E-state index in [0.29, 0.717) is 0 Å². The van der Waals surface area contributed by atoms with Gasteiger partial charge in [-0.2, -0.15) is 0 Å². The average molecular weight is 200 g/mol. The average Bonchev–Trinajstić information content (AvgIpc) is 2.18. The van der Waals surface area contributed by atoms with Gasteiger partial charge in [0.2, 0.25) is 5.91 Å². The van der Waals surface area contributed by atoms with Crippen LogP contribution < -0.4 is 11.1 Å². The molecule has 0 fully saturated rings. The Morgan fingerprint density at radius 2 is 1.86 bits per heavy atom. The number of hydrogen-bond acceptors (Lipinski definition) is 2. The van der Waals surface area contributed by atoms with Crippen molar-refractivity contribution in [3.63, 3.8) is 0 Å². The van der Waals surface area contributed by atoms with Gasteiger partial charge in [-0.1, -0.05) is 27.2 Å². The summed E-state index contributed by atoms with van der Waals surface area (Å²) in [5, 5.41) is 3.01. The van der Waals surface area contributed by atoms with Crippen LogP contribution in [-0.2, 0) is 4.79 Å². The molecule has 3 heteroatoms. The first-order valence-corrected chi connectivity index (χ1v) is 5.56. The van der Waals surface area contributed by atoms with E-state index in [0.717, 1.165) is 25.7 Å². The third-order valence-electron chi connectivity index (χ3n) is 2.92. The lowest BCUT2D eigenvalue weighted by Gasteiger charge is -2.29. The summed E-state index contributed by atoms with van der Waals surface area (Å²) in [6, 6.07) is -0.350. The first kappa shape index (κ1) is 13.4. The molecular formula is C11H24N2O. The minimum atomic E-state index is -0.350. The van der Waals surface area contributed by atoms with Crippen LogP contribution in [0.1, 0.15) is 53.4 Å². The van der Waals surface area contributed by atoms with Crippen molar-refractivity contribution in [1.29, 1.82) is 0 Å². The lowest BCUT2D eigenvalue weighted by Crippen LogP contribution is -2.51. The fourth-order valence-electron chi connectivity index (χ4n) is 1.26. The maximum absolute atomic E-state index is 11.6. The van der Waals surface area contributed by atoms with Crippen molar-refractivity contribution >= 4 is 5.91 Å². The van der Waals surface area contributed by atoms with Gasteiger partial charge in [0.25, 0.3) is 0 Å². The van der Waals surface area contributed by atoms with Crippen LogP contribution in [0, 0.1) is 0 Å². The summed E-state index contributed by atoms with van der Waals surface area (Å²) in [4.78, 5) is 11.6. The molecule has 3 N–H and O–H groups in total. The minimum Gasteiger partial charge on any atom is -0.350 e. The standard InChI is InChI=1S/C11H24N2O/c1-5-8-9(12)10(14)13-11(4,6-2)7-3/h9H,5-8,12H2,1-4H3,(H,13,14)/t9-/m1/s1. The Balaban J connectivity index is 4.15. The number of carbonyl (C=O) groups excluding carboxylic acids is 1. The van der Waals surface area contributed by atoms with Gasteiger partial charge in [-0.25, -0.2) is 0 Å². The van der Waals surface area contributed by atoms with Gasteiger partial charge in [-0.3, -0.25) is 4.79 Å². The molecule has 0 spiro atoms. The normalized spacial score (nSPS) is 13.8. The Morgan fingerprint density at radius 3 is 2.21 bits per heavy atom. The Labute approximate surface area is 87.4 Å². The number of rotatable bonds is 6. The lowest BCUT2D eigenvalue weighted by atomic mass is 9.95. The number of nitrogens with one attached hydrogen (secondary N) is 1. The van der Waals surface area contributed by atoms with Crippen molar-refractivity contribution in [2.24, 2.45) is 5.73 Å².